The number of rotatable bonds is 5. The van der Waals surface area contributed by atoms with Crippen molar-refractivity contribution in [1.82, 2.24) is 14.8 Å². The number of carbonyl (C=O) groups is 1. The first-order valence-electron chi connectivity index (χ1n) is 11.1. The third-order valence-corrected chi connectivity index (χ3v) is 7.87. The Morgan fingerprint density at radius 3 is 2.49 bits per heavy atom. The number of amides is 1. The van der Waals surface area contributed by atoms with Gasteiger partial charge < -0.3 is 10.1 Å². The van der Waals surface area contributed by atoms with Crippen LogP contribution in [0.15, 0.2) is 54.6 Å². The van der Waals surface area contributed by atoms with E-state index in [1.807, 2.05) is 12.1 Å². The number of ether oxygens (including phenoxy) is 1. The molecule has 1 amide bonds. The van der Waals surface area contributed by atoms with Crippen LogP contribution in [0, 0.1) is 12.7 Å². The largest absolute Gasteiger partial charge is 0.497 e. The van der Waals surface area contributed by atoms with E-state index in [4.69, 9.17) is 9.72 Å². The van der Waals surface area contributed by atoms with Gasteiger partial charge in [0.15, 0.2) is 15.5 Å². The summed E-state index contributed by atoms with van der Waals surface area (Å²) < 4.78 is 44.5. The lowest BCUT2D eigenvalue weighted by Crippen LogP contribution is -2.15. The Kier molecular flexibility index (Phi) is 5.76. The van der Waals surface area contributed by atoms with E-state index in [2.05, 4.69) is 10.4 Å². The molecule has 10 heteroatoms. The third-order valence-electron chi connectivity index (χ3n) is 6.12. The number of halogens is 1. The molecular weight excluding hydrogens is 471 g/mol. The molecular formula is C25H23FN4O4S. The second kappa shape index (κ2) is 8.77. The van der Waals surface area contributed by atoms with Gasteiger partial charge in [-0.3, -0.25) is 4.79 Å². The maximum Gasteiger partial charge on any atom is 0.256 e. The summed E-state index contributed by atoms with van der Waals surface area (Å²) >= 11 is 0. The van der Waals surface area contributed by atoms with Gasteiger partial charge in [0.2, 0.25) is 0 Å². The van der Waals surface area contributed by atoms with Gasteiger partial charge in [-0.05, 0) is 67.9 Å². The molecule has 0 spiro atoms. The average molecular weight is 495 g/mol. The number of methoxy groups -OCH3 is 1. The molecule has 0 radical (unpaired) electrons. The summed E-state index contributed by atoms with van der Waals surface area (Å²) in [6, 6.07) is 14.1. The first kappa shape index (κ1) is 23.0. The normalized spacial score (nSPS) is 16.9. The summed E-state index contributed by atoms with van der Waals surface area (Å²) in [7, 11) is -1.58. The minimum absolute atomic E-state index is 0.0191. The van der Waals surface area contributed by atoms with E-state index in [1.165, 1.54) is 24.3 Å². The van der Waals surface area contributed by atoms with Crippen LogP contribution < -0.4 is 10.1 Å². The van der Waals surface area contributed by atoms with E-state index in [9.17, 15) is 17.6 Å². The summed E-state index contributed by atoms with van der Waals surface area (Å²) in [5.41, 5.74) is 3.10. The first-order valence-corrected chi connectivity index (χ1v) is 12.9. The number of carbonyl (C=O) groups excluding carboxylic acids is 1. The highest BCUT2D eigenvalue weighted by Crippen LogP contribution is 2.33. The minimum atomic E-state index is -3.16. The summed E-state index contributed by atoms with van der Waals surface area (Å²) in [5.74, 6) is -0.0514. The average Bonchev–Trinajstić information content (AvgIpc) is 3.38. The molecule has 0 bridgehead atoms. The highest BCUT2D eigenvalue weighted by molar-refractivity contribution is 7.91. The Labute approximate surface area is 201 Å². The first-order chi connectivity index (χ1) is 16.7. The van der Waals surface area contributed by atoms with Crippen molar-refractivity contribution in [3.05, 3.63) is 71.7 Å². The third kappa shape index (κ3) is 4.49. The number of hydrogen-bond acceptors (Lipinski definition) is 6. The van der Waals surface area contributed by atoms with E-state index in [1.54, 1.807) is 36.9 Å². The zero-order chi connectivity index (χ0) is 24.7. The number of nitrogens with zero attached hydrogens (tertiary/aromatic N) is 3. The van der Waals surface area contributed by atoms with Crippen LogP contribution >= 0.6 is 0 Å². The number of sulfone groups is 1. The standard InChI is InChI=1S/C25H23FN4O4S/c1-15-23-21(25(31)27-18-7-5-17(26)6-8-18)13-22(16-3-9-20(34-2)10-4-16)28-24(23)30(29-15)19-11-12-35(32,33)14-19/h3-10,13,19H,11-12,14H2,1-2H3,(H,27,31)/t19-/m1/s1. The van der Waals surface area contributed by atoms with Crippen molar-refractivity contribution in [1.29, 1.82) is 0 Å². The Balaban J connectivity index is 1.66. The molecule has 0 saturated carbocycles. The van der Waals surface area contributed by atoms with Gasteiger partial charge in [0.05, 0.1) is 47.0 Å². The van der Waals surface area contributed by atoms with E-state index in [0.717, 1.165) is 5.56 Å². The van der Waals surface area contributed by atoms with E-state index in [0.29, 0.717) is 45.8 Å². The summed E-state index contributed by atoms with van der Waals surface area (Å²) in [4.78, 5) is 18.2. The Bertz CT molecular complexity index is 1530. The van der Waals surface area contributed by atoms with Gasteiger partial charge in [-0.2, -0.15) is 5.10 Å². The molecule has 1 atom stereocenters. The molecule has 3 heterocycles. The molecule has 8 nitrogen and oxygen atoms in total. The fraction of sp³-hybridized carbons (Fsp3) is 0.240. The molecule has 1 saturated heterocycles. The maximum absolute atomic E-state index is 13.4. The zero-order valence-corrected chi connectivity index (χ0v) is 20.0. The lowest BCUT2D eigenvalue weighted by molar-refractivity contribution is 0.102. The van der Waals surface area contributed by atoms with Crippen LogP contribution in [-0.2, 0) is 9.84 Å². The van der Waals surface area contributed by atoms with Crippen LogP contribution in [0.2, 0.25) is 0 Å². The predicted octanol–water partition coefficient (Wildman–Crippen LogP) is 4.17. The van der Waals surface area contributed by atoms with Gasteiger partial charge in [0, 0.05) is 11.3 Å². The second-order valence-electron chi connectivity index (χ2n) is 8.53. The monoisotopic (exact) mass is 494 g/mol. The van der Waals surface area contributed by atoms with Crippen LogP contribution in [0.3, 0.4) is 0 Å². The number of benzene rings is 2. The van der Waals surface area contributed by atoms with E-state index >= 15 is 0 Å². The number of fused-ring (bicyclic) bond motifs is 1. The fourth-order valence-corrected chi connectivity index (χ4v) is 6.05. The predicted molar refractivity (Wildman–Crippen MR) is 131 cm³/mol. The second-order valence-corrected chi connectivity index (χ2v) is 10.8. The summed E-state index contributed by atoms with van der Waals surface area (Å²) in [6.45, 7) is 1.77. The molecule has 4 aromatic rings. The smallest absolute Gasteiger partial charge is 0.256 e. The molecule has 180 valence electrons. The number of pyridine rings is 1. The lowest BCUT2D eigenvalue weighted by atomic mass is 10.0. The highest BCUT2D eigenvalue weighted by atomic mass is 32.2. The van der Waals surface area contributed by atoms with Gasteiger partial charge >= 0.3 is 0 Å². The summed E-state index contributed by atoms with van der Waals surface area (Å²) in [5, 5.41) is 7.96. The van der Waals surface area contributed by atoms with Gasteiger partial charge in [-0.25, -0.2) is 22.5 Å². The number of anilines is 1. The Hall–Kier alpha value is -3.79. The Morgan fingerprint density at radius 1 is 1.14 bits per heavy atom. The maximum atomic E-state index is 13.4. The van der Waals surface area contributed by atoms with Crippen LogP contribution in [0.5, 0.6) is 5.75 Å². The van der Waals surface area contributed by atoms with Crippen molar-refractivity contribution >= 4 is 32.5 Å². The lowest BCUT2D eigenvalue weighted by Gasteiger charge is -2.13. The van der Waals surface area contributed by atoms with Gasteiger partial charge in [0.1, 0.15) is 11.6 Å². The number of nitrogens with one attached hydrogen (secondary N) is 1. The SMILES string of the molecule is COc1ccc(-c2cc(C(=O)Nc3ccc(F)cc3)c3c(C)nn([C@@H]4CCS(=O)(=O)C4)c3n2)cc1. The molecule has 1 N–H and O–H groups in total. The van der Waals surface area contributed by atoms with Crippen molar-refractivity contribution in [3.8, 4) is 17.0 Å². The molecule has 1 aliphatic rings. The zero-order valence-electron chi connectivity index (χ0n) is 19.2. The molecule has 0 aliphatic carbocycles. The minimum Gasteiger partial charge on any atom is -0.497 e. The van der Waals surface area contributed by atoms with Crippen LogP contribution in [0.1, 0.15) is 28.5 Å². The quantitative estimate of drug-likeness (QED) is 0.447. The van der Waals surface area contributed by atoms with Crippen molar-refractivity contribution in [2.24, 2.45) is 0 Å². The van der Waals surface area contributed by atoms with Gasteiger partial charge in [0.25, 0.3) is 5.91 Å². The van der Waals surface area contributed by atoms with Crippen molar-refractivity contribution in [2.45, 2.75) is 19.4 Å². The van der Waals surface area contributed by atoms with Crippen LogP contribution in [-0.4, -0.2) is 47.7 Å². The number of aromatic nitrogens is 3. The molecule has 35 heavy (non-hydrogen) atoms. The topological polar surface area (TPSA) is 103 Å². The summed E-state index contributed by atoms with van der Waals surface area (Å²) in [6.07, 6.45) is 0.435. The van der Waals surface area contributed by atoms with Crippen molar-refractivity contribution in [2.75, 3.05) is 23.9 Å². The number of hydrogen-bond donors (Lipinski definition) is 1. The van der Waals surface area contributed by atoms with Gasteiger partial charge in [-0.15, -0.1) is 0 Å². The molecule has 2 aromatic carbocycles. The molecule has 1 aliphatic heterocycles. The van der Waals surface area contributed by atoms with E-state index in [-0.39, 0.29) is 17.5 Å². The van der Waals surface area contributed by atoms with Gasteiger partial charge in [-0.1, -0.05) is 0 Å². The highest BCUT2D eigenvalue weighted by Gasteiger charge is 2.32. The fourth-order valence-electron chi connectivity index (χ4n) is 4.36. The van der Waals surface area contributed by atoms with E-state index < -0.39 is 21.6 Å². The molecule has 5 rings (SSSR count). The Morgan fingerprint density at radius 2 is 1.86 bits per heavy atom. The van der Waals surface area contributed by atoms with Crippen LogP contribution in [0.4, 0.5) is 10.1 Å². The van der Waals surface area contributed by atoms with Crippen molar-refractivity contribution in [3.63, 3.8) is 0 Å². The molecule has 1 fully saturated rings. The van der Waals surface area contributed by atoms with Crippen molar-refractivity contribution < 1.29 is 22.3 Å². The van der Waals surface area contributed by atoms with Crippen LogP contribution in [0.25, 0.3) is 22.3 Å². The molecule has 0 unspecified atom stereocenters. The number of aryl methyl sites for hydroxylation is 1. The molecule has 2 aromatic heterocycles.